The van der Waals surface area contributed by atoms with E-state index in [0.717, 1.165) is 29.3 Å². The molecule has 1 aliphatic rings. The molecule has 5 heteroatoms. The Labute approximate surface area is 151 Å². The zero-order chi connectivity index (χ0) is 18.1. The maximum atomic E-state index is 13.2. The molecule has 1 aliphatic carbocycles. The molecule has 1 N–H and O–H groups in total. The molecule has 3 aromatic rings. The second kappa shape index (κ2) is 6.83. The molecule has 1 aromatic carbocycles. The summed E-state index contributed by atoms with van der Waals surface area (Å²) in [4.78, 5) is 22.4. The highest BCUT2D eigenvalue weighted by Gasteiger charge is 2.19. The first-order valence-corrected chi connectivity index (χ1v) is 9.14. The molecule has 0 saturated heterocycles. The number of pyridine rings is 1. The highest BCUT2D eigenvalue weighted by Crippen LogP contribution is 2.29. The van der Waals surface area contributed by atoms with Crippen LogP contribution in [0.4, 0.5) is 0 Å². The fraction of sp³-hybridized carbons (Fsp3) is 0.333. The van der Waals surface area contributed by atoms with Crippen molar-refractivity contribution in [3.63, 3.8) is 0 Å². The van der Waals surface area contributed by atoms with E-state index in [4.69, 9.17) is 5.41 Å². The summed E-state index contributed by atoms with van der Waals surface area (Å²) in [5.74, 6) is 0. The first-order chi connectivity index (χ1) is 12.7. The minimum atomic E-state index is 0.0226. The summed E-state index contributed by atoms with van der Waals surface area (Å²) >= 11 is 0. The van der Waals surface area contributed by atoms with Crippen LogP contribution in [-0.2, 0) is 6.42 Å². The van der Waals surface area contributed by atoms with Crippen LogP contribution in [0, 0.1) is 5.41 Å². The van der Waals surface area contributed by atoms with Crippen molar-refractivity contribution >= 4 is 28.0 Å². The molecular weight excluding hydrogens is 324 g/mol. The maximum absolute atomic E-state index is 13.2. The van der Waals surface area contributed by atoms with Crippen molar-refractivity contribution in [2.24, 2.45) is 0 Å². The normalized spacial score (nSPS) is 15.4. The van der Waals surface area contributed by atoms with Crippen LogP contribution in [0.15, 0.2) is 47.7 Å². The van der Waals surface area contributed by atoms with Crippen molar-refractivity contribution in [2.45, 2.75) is 44.6 Å². The smallest absolute Gasteiger partial charge is 0.261 e. The Hall–Kier alpha value is -2.82. The van der Waals surface area contributed by atoms with E-state index in [0.29, 0.717) is 22.9 Å². The van der Waals surface area contributed by atoms with E-state index in [2.05, 4.69) is 16.5 Å². The van der Waals surface area contributed by atoms with Gasteiger partial charge in [0, 0.05) is 30.3 Å². The number of hydrogen-bond acceptors (Lipinski definition) is 4. The van der Waals surface area contributed by atoms with Crippen LogP contribution in [-0.4, -0.2) is 20.7 Å². The van der Waals surface area contributed by atoms with Crippen molar-refractivity contribution < 1.29 is 0 Å². The van der Waals surface area contributed by atoms with Gasteiger partial charge in [0.1, 0.15) is 0 Å². The van der Waals surface area contributed by atoms with Gasteiger partial charge in [-0.2, -0.15) is 0 Å². The van der Waals surface area contributed by atoms with Crippen molar-refractivity contribution in [3.05, 3.63) is 58.8 Å². The second-order valence-electron chi connectivity index (χ2n) is 7.06. The minimum absolute atomic E-state index is 0.0226. The van der Waals surface area contributed by atoms with E-state index in [1.165, 1.54) is 25.5 Å². The van der Waals surface area contributed by atoms with Crippen LogP contribution >= 0.6 is 0 Å². The third kappa shape index (κ3) is 2.83. The summed E-state index contributed by atoms with van der Waals surface area (Å²) in [7, 11) is 0. The lowest BCUT2D eigenvalue weighted by atomic mass is 9.95. The van der Waals surface area contributed by atoms with Gasteiger partial charge in [0.15, 0.2) is 0 Å². The minimum Gasteiger partial charge on any atom is -0.308 e. The number of hydrogen-bond donors (Lipinski definition) is 1. The molecule has 132 valence electrons. The van der Waals surface area contributed by atoms with E-state index in [1.54, 1.807) is 12.5 Å². The molecule has 1 saturated carbocycles. The van der Waals surface area contributed by atoms with Gasteiger partial charge >= 0.3 is 0 Å². The molecule has 0 amide bonds. The topological polar surface area (TPSA) is 71.6 Å². The predicted octanol–water partition coefficient (Wildman–Crippen LogP) is 4.20. The van der Waals surface area contributed by atoms with E-state index < -0.39 is 0 Å². The molecule has 4 rings (SSSR count). The van der Waals surface area contributed by atoms with Crippen LogP contribution < -0.4 is 5.56 Å². The Balaban J connectivity index is 1.96. The lowest BCUT2D eigenvalue weighted by Crippen LogP contribution is -2.26. The largest absolute Gasteiger partial charge is 0.308 e. The quantitative estimate of drug-likeness (QED) is 0.568. The molecule has 0 atom stereocenters. The standard InChI is InChI=1S/C21H22N4O/c1-14(12-22)10-15-11-18-20(17-8-5-9-23-19(15)17)24-13-25(21(18)26)16-6-3-2-4-7-16/h5,8-9,11-13,16,22H,1-4,6-7,10H2. The predicted molar refractivity (Wildman–Crippen MR) is 105 cm³/mol. The van der Waals surface area contributed by atoms with Gasteiger partial charge in [0.25, 0.3) is 5.56 Å². The SMILES string of the molecule is C=C(C=N)Cc1cc2c(=O)n(C3CCCCC3)cnc2c2cccnc12. The highest BCUT2D eigenvalue weighted by molar-refractivity contribution is 6.05. The van der Waals surface area contributed by atoms with Gasteiger partial charge in [-0.1, -0.05) is 25.8 Å². The summed E-state index contributed by atoms with van der Waals surface area (Å²) in [6, 6.07) is 5.97. The molecule has 5 nitrogen and oxygen atoms in total. The third-order valence-electron chi connectivity index (χ3n) is 5.31. The first-order valence-electron chi connectivity index (χ1n) is 9.14. The van der Waals surface area contributed by atoms with E-state index >= 15 is 0 Å². The Morgan fingerprint density at radius 3 is 2.81 bits per heavy atom. The van der Waals surface area contributed by atoms with Gasteiger partial charge in [-0.15, -0.1) is 0 Å². The molecular formula is C21H22N4O. The average molecular weight is 346 g/mol. The number of allylic oxidation sites excluding steroid dienone is 1. The van der Waals surface area contributed by atoms with Crippen LogP contribution in [0.1, 0.15) is 43.7 Å². The lowest BCUT2D eigenvalue weighted by Gasteiger charge is -2.24. The van der Waals surface area contributed by atoms with Gasteiger partial charge in [0.2, 0.25) is 0 Å². The van der Waals surface area contributed by atoms with E-state index in [1.807, 2.05) is 22.8 Å². The second-order valence-corrected chi connectivity index (χ2v) is 7.06. The molecule has 0 bridgehead atoms. The van der Waals surface area contributed by atoms with E-state index in [-0.39, 0.29) is 11.6 Å². The van der Waals surface area contributed by atoms with Gasteiger partial charge < -0.3 is 5.41 Å². The molecule has 1 fully saturated rings. The highest BCUT2D eigenvalue weighted by atomic mass is 16.1. The number of fused-ring (bicyclic) bond motifs is 3. The molecule has 0 radical (unpaired) electrons. The van der Waals surface area contributed by atoms with Crippen LogP contribution in [0.3, 0.4) is 0 Å². The summed E-state index contributed by atoms with van der Waals surface area (Å²) in [5, 5.41) is 8.93. The molecule has 0 aliphatic heterocycles. The third-order valence-corrected chi connectivity index (χ3v) is 5.31. The molecule has 2 heterocycles. The zero-order valence-electron chi connectivity index (χ0n) is 14.7. The Bertz CT molecular complexity index is 1060. The van der Waals surface area contributed by atoms with Gasteiger partial charge in [-0.3, -0.25) is 14.3 Å². The lowest BCUT2D eigenvalue weighted by molar-refractivity contribution is 0.345. The summed E-state index contributed by atoms with van der Waals surface area (Å²) in [5.41, 5.74) is 3.16. The Kier molecular flexibility index (Phi) is 4.37. The van der Waals surface area contributed by atoms with Gasteiger partial charge in [-0.25, -0.2) is 4.98 Å². The monoisotopic (exact) mass is 346 g/mol. The molecule has 0 spiro atoms. The number of aromatic nitrogens is 3. The Morgan fingerprint density at radius 1 is 1.23 bits per heavy atom. The number of nitrogens with zero attached hydrogens (tertiary/aromatic N) is 3. The van der Waals surface area contributed by atoms with Gasteiger partial charge in [-0.05, 0) is 42.2 Å². The first kappa shape index (κ1) is 16.6. The van der Waals surface area contributed by atoms with Crippen LogP contribution in [0.2, 0.25) is 0 Å². The van der Waals surface area contributed by atoms with Crippen molar-refractivity contribution in [1.29, 1.82) is 5.41 Å². The van der Waals surface area contributed by atoms with Crippen LogP contribution in [0.25, 0.3) is 21.8 Å². The fourth-order valence-corrected chi connectivity index (χ4v) is 3.97. The fourth-order valence-electron chi connectivity index (χ4n) is 3.97. The maximum Gasteiger partial charge on any atom is 0.261 e. The molecule has 2 aromatic heterocycles. The van der Waals surface area contributed by atoms with Crippen molar-refractivity contribution in [1.82, 2.24) is 14.5 Å². The number of rotatable bonds is 4. The Morgan fingerprint density at radius 2 is 2.04 bits per heavy atom. The van der Waals surface area contributed by atoms with Crippen LogP contribution in [0.5, 0.6) is 0 Å². The zero-order valence-corrected chi connectivity index (χ0v) is 14.7. The number of nitrogens with one attached hydrogen (secondary N) is 1. The summed E-state index contributed by atoms with van der Waals surface area (Å²) in [6.07, 6.45) is 10.9. The van der Waals surface area contributed by atoms with Crippen molar-refractivity contribution in [2.75, 3.05) is 0 Å². The molecule has 0 unspecified atom stereocenters. The summed E-state index contributed by atoms with van der Waals surface area (Å²) < 4.78 is 1.82. The average Bonchev–Trinajstić information content (AvgIpc) is 2.69. The van der Waals surface area contributed by atoms with Gasteiger partial charge in [0.05, 0.1) is 22.7 Å². The van der Waals surface area contributed by atoms with Crippen molar-refractivity contribution in [3.8, 4) is 0 Å². The molecule has 26 heavy (non-hydrogen) atoms. The number of benzene rings is 1. The summed E-state index contributed by atoms with van der Waals surface area (Å²) in [6.45, 7) is 3.90. The van der Waals surface area contributed by atoms with E-state index in [9.17, 15) is 4.79 Å².